The summed E-state index contributed by atoms with van der Waals surface area (Å²) < 4.78 is 63.3. The van der Waals surface area contributed by atoms with Crippen molar-refractivity contribution in [2.75, 3.05) is 71.1 Å². The molecule has 0 spiro atoms. The number of hydrogen-bond acceptors (Lipinski definition) is 18. The highest BCUT2D eigenvalue weighted by atomic mass is 31.2. The molecule has 0 saturated heterocycles. The van der Waals surface area contributed by atoms with E-state index < -0.39 is 54.2 Å². The van der Waals surface area contributed by atoms with Crippen LogP contribution in [0.4, 0.5) is 0 Å². The number of ether oxygens (including phenoxy) is 10. The molecule has 0 aliphatic rings. The Hall–Kier alpha value is -9.26. The van der Waals surface area contributed by atoms with Gasteiger partial charge >= 0.3 is 0 Å². The van der Waals surface area contributed by atoms with E-state index in [1.165, 1.54) is 14.2 Å². The predicted octanol–water partition coefficient (Wildman–Crippen LogP) is 12.6. The lowest BCUT2D eigenvalue weighted by Gasteiger charge is -2.35. The average molecular weight is 1540 g/mol. The normalized spacial score (nSPS) is 13.0. The van der Waals surface area contributed by atoms with E-state index >= 15 is 0 Å². The first-order valence-electron chi connectivity index (χ1n) is 36.8. The van der Waals surface area contributed by atoms with Gasteiger partial charge in [0.1, 0.15) is 48.1 Å². The molecule has 10 rings (SSSR count). The number of aliphatic hydroxyl groups is 8. The van der Waals surface area contributed by atoms with Crippen LogP contribution < -0.4 is 79.2 Å². The number of methoxy groups -OCH3 is 10. The number of hydrogen-bond donors (Lipinski definition) is 8. The van der Waals surface area contributed by atoms with Crippen molar-refractivity contribution in [2.45, 2.75) is 130 Å². The minimum Gasteiger partial charge on any atom is -0.497 e. The van der Waals surface area contributed by atoms with Crippen LogP contribution in [0.1, 0.15) is 141 Å². The van der Waals surface area contributed by atoms with Crippen molar-refractivity contribution in [3.63, 3.8) is 0 Å². The smallest absolute Gasteiger partial charge is 0.188 e. The Morgan fingerprint density at radius 3 is 0.900 bits per heavy atom. The van der Waals surface area contributed by atoms with Gasteiger partial charge in [0, 0.05) is 63.4 Å². The first kappa shape index (κ1) is 83.2. The summed E-state index contributed by atoms with van der Waals surface area (Å²) in [5.74, 6) is 4.57. The van der Waals surface area contributed by atoms with E-state index in [0.29, 0.717) is 145 Å². The molecule has 0 aromatic heterocycles. The molecule has 0 radical (unpaired) electrons. The summed E-state index contributed by atoms with van der Waals surface area (Å²) in [6.45, 7) is 5.18. The van der Waals surface area contributed by atoms with E-state index in [9.17, 15) is 40.9 Å². The number of benzene rings is 10. The van der Waals surface area contributed by atoms with Gasteiger partial charge in [-0.05, 0) is 135 Å². The largest absolute Gasteiger partial charge is 0.497 e. The monoisotopic (exact) mass is 1540 g/mol. The summed E-state index contributed by atoms with van der Waals surface area (Å²) in [6.07, 6.45) is 2.90. The van der Waals surface area contributed by atoms with Gasteiger partial charge in [0.2, 0.25) is 0 Å². The zero-order valence-electron chi connectivity index (χ0n) is 65.6. The van der Waals surface area contributed by atoms with Crippen LogP contribution in [0.5, 0.6) is 57.5 Å². The fraction of sp³-hybridized carbons (Fsp3) is 0.333. The quantitative estimate of drug-likeness (QED) is 0.0168. The minimum absolute atomic E-state index is 0.247. The van der Waals surface area contributed by atoms with Crippen LogP contribution in [0.3, 0.4) is 0 Å². The zero-order chi connectivity index (χ0) is 79.1. The first-order valence-corrected chi connectivity index (χ1v) is 40.8. The van der Waals surface area contributed by atoms with E-state index in [0.717, 1.165) is 57.3 Å². The third kappa shape index (κ3) is 16.3. The SMILES string of the molecule is CCC(C)c1ccc(C[P+](c2c(CO)cc(OC)cc2CO)(c2c(OC)cc(CO)cc2OC)c2c(OC)cc(OC)c(Cc3ccc(-c4ccc(Cc5c(OC)cc(CO)c([P+](Cc6ccc(C(C)CC)cc6)(c6c(CO)cc(OC)cc6CO)c6c(OC)cc(CO)cc6OC)c5OC)cc4)cc3)c2CO)cc1. The van der Waals surface area contributed by atoms with E-state index in [-0.39, 0.29) is 50.2 Å². The van der Waals surface area contributed by atoms with E-state index in [1.54, 1.807) is 105 Å². The minimum atomic E-state index is -3.64. The molecule has 18 nitrogen and oxygen atoms in total. The first-order chi connectivity index (χ1) is 53.4. The Balaban J connectivity index is 1.14. The lowest BCUT2D eigenvalue weighted by Crippen LogP contribution is -2.40. The van der Waals surface area contributed by atoms with Crippen molar-refractivity contribution in [3.05, 3.63) is 247 Å². The maximum atomic E-state index is 12.4. The molecule has 0 heterocycles. The summed E-state index contributed by atoms with van der Waals surface area (Å²) >= 11 is 0. The highest BCUT2D eigenvalue weighted by molar-refractivity contribution is 7.96. The molecule has 20 heteroatoms. The summed E-state index contributed by atoms with van der Waals surface area (Å²) in [7, 11) is 8.36. The van der Waals surface area contributed by atoms with E-state index in [4.69, 9.17) is 47.4 Å². The molecular formula is C90H106O18P2+2. The number of rotatable bonds is 37. The fourth-order valence-electron chi connectivity index (χ4n) is 15.7. The molecule has 0 saturated carbocycles. The van der Waals surface area contributed by atoms with Gasteiger partial charge in [-0.1, -0.05) is 125 Å². The second-order valence-electron chi connectivity index (χ2n) is 27.5. The molecule has 0 aliphatic carbocycles. The fourth-order valence-corrected chi connectivity index (χ4v) is 26.6. The van der Waals surface area contributed by atoms with Gasteiger partial charge in [0.05, 0.1) is 136 Å². The summed E-state index contributed by atoms with van der Waals surface area (Å²) in [4.78, 5) is 0. The maximum absolute atomic E-state index is 12.4. The Bertz CT molecular complexity index is 4260. The van der Waals surface area contributed by atoms with Gasteiger partial charge in [0.25, 0.3) is 0 Å². The Morgan fingerprint density at radius 1 is 0.273 bits per heavy atom. The molecular weight excluding hydrogens is 1430 g/mol. The van der Waals surface area contributed by atoms with Crippen molar-refractivity contribution >= 4 is 46.4 Å². The summed E-state index contributed by atoms with van der Waals surface area (Å²) in [6, 6.07) is 51.3. The molecule has 4 unspecified atom stereocenters. The van der Waals surface area contributed by atoms with Gasteiger partial charge in [-0.25, -0.2) is 0 Å². The lowest BCUT2D eigenvalue weighted by atomic mass is 9.95. The van der Waals surface area contributed by atoms with Crippen LogP contribution in [0, 0.1) is 0 Å². The molecule has 8 N–H and O–H groups in total. The highest BCUT2D eigenvalue weighted by Crippen LogP contribution is 2.68. The number of aliphatic hydroxyl groups excluding tert-OH is 8. The second-order valence-corrected chi connectivity index (χ2v) is 34.1. The topological polar surface area (TPSA) is 254 Å². The second kappa shape index (κ2) is 37.6. The molecule has 0 aliphatic heterocycles. The molecule has 10 aromatic rings. The van der Waals surface area contributed by atoms with Crippen molar-refractivity contribution in [1.82, 2.24) is 0 Å². The summed E-state index contributed by atoms with van der Waals surface area (Å²) in [5.41, 5.74) is 12.9. The van der Waals surface area contributed by atoms with Gasteiger partial charge in [-0.3, -0.25) is 0 Å². The van der Waals surface area contributed by atoms with E-state index in [1.807, 2.05) is 12.1 Å². The van der Waals surface area contributed by atoms with Crippen molar-refractivity contribution < 1.29 is 88.2 Å². The highest BCUT2D eigenvalue weighted by Gasteiger charge is 2.59. The Labute approximate surface area is 648 Å². The zero-order valence-corrected chi connectivity index (χ0v) is 67.4. The molecule has 0 bridgehead atoms. The third-order valence-corrected chi connectivity index (χ3v) is 30.8. The molecule has 4 atom stereocenters. The average Bonchev–Trinajstić information content (AvgIpc) is 0.707. The van der Waals surface area contributed by atoms with E-state index in [2.05, 4.69) is 125 Å². The van der Waals surface area contributed by atoms with Gasteiger partial charge in [-0.15, -0.1) is 0 Å². The van der Waals surface area contributed by atoms with Crippen LogP contribution in [-0.4, -0.2) is 112 Å². The van der Waals surface area contributed by atoms with Crippen LogP contribution >= 0.6 is 14.5 Å². The van der Waals surface area contributed by atoms with Crippen LogP contribution in [0.25, 0.3) is 11.1 Å². The Kier molecular flexibility index (Phi) is 28.5. The predicted molar refractivity (Wildman–Crippen MR) is 438 cm³/mol. The third-order valence-electron chi connectivity index (χ3n) is 21.6. The summed E-state index contributed by atoms with van der Waals surface area (Å²) in [5, 5.41) is 96.4. The molecule has 110 heavy (non-hydrogen) atoms. The molecule has 10 aromatic carbocycles. The van der Waals surface area contributed by atoms with Crippen LogP contribution in [0.2, 0.25) is 0 Å². The molecule has 0 amide bonds. The molecule has 0 fully saturated rings. The van der Waals surface area contributed by atoms with Gasteiger partial charge < -0.3 is 88.2 Å². The van der Waals surface area contributed by atoms with Gasteiger partial charge in [0.15, 0.2) is 55.7 Å². The van der Waals surface area contributed by atoms with Gasteiger partial charge in [-0.2, -0.15) is 0 Å². The van der Waals surface area contributed by atoms with Crippen LogP contribution in [-0.2, 0) is 78.0 Å². The Morgan fingerprint density at radius 2 is 0.591 bits per heavy atom. The van der Waals surface area contributed by atoms with Crippen molar-refractivity contribution in [2.24, 2.45) is 0 Å². The lowest BCUT2D eigenvalue weighted by molar-refractivity contribution is 0.275. The van der Waals surface area contributed by atoms with Crippen LogP contribution in [0.15, 0.2) is 158 Å². The standard InChI is InChI=1S/C90H106O18P2/c1-15-55(3)63-25-21-59(22-26-63)53-109(85-67(47-93)39-72(99-5)40-68(85)48-94,89-79(103-9)35-61(45-91)36-80(89)104-10)87-71(51-97)43-77(101-7)75(84(87)108-14)34-58-19-31-66(32-20-58)65-29-17-57(18-30-65)33-74-76(52-98)88(83(107-13)44-78(74)102-8)110(54-60-23-27-64(28-24-60)56(4)16-2,86-69(49-95)41-73(100-6)42-70(86)50-96)90-81(105-11)37-62(46-92)38-82(90)106-12/h17-32,35-44,55-56,91-98H,15-16,33-34,45-54H2,1-14H3/q+2. The van der Waals surface area contributed by atoms with Crippen molar-refractivity contribution in [1.29, 1.82) is 0 Å². The van der Waals surface area contributed by atoms with Crippen molar-refractivity contribution in [3.8, 4) is 68.6 Å². The molecule has 582 valence electrons. The maximum Gasteiger partial charge on any atom is 0.188 e.